The Morgan fingerprint density at radius 2 is 1.75 bits per heavy atom. The lowest BCUT2D eigenvalue weighted by atomic mass is 9.93. The Morgan fingerprint density at radius 1 is 1.06 bits per heavy atom. The maximum atomic E-state index is 7.68. The van der Waals surface area contributed by atoms with Crippen LogP contribution in [0.25, 0.3) is 10.8 Å². The van der Waals surface area contributed by atoms with E-state index in [-0.39, 0.29) is 5.41 Å². The summed E-state index contributed by atoms with van der Waals surface area (Å²) in [6.45, 7) is 0. The first-order chi connectivity index (χ1) is 7.72. The highest BCUT2D eigenvalue weighted by Gasteiger charge is 2.47. The van der Waals surface area contributed by atoms with Crippen molar-refractivity contribution in [2.24, 2.45) is 5.73 Å². The van der Waals surface area contributed by atoms with E-state index in [0.717, 1.165) is 12.8 Å². The third kappa shape index (κ3) is 1.23. The van der Waals surface area contributed by atoms with Crippen LogP contribution in [0.1, 0.15) is 18.4 Å². The number of nitrogens with one attached hydrogen (secondary N) is 1. The fraction of sp³-hybridized carbons (Fsp3) is 0.214. The molecule has 0 heterocycles. The van der Waals surface area contributed by atoms with Crippen molar-refractivity contribution in [3.63, 3.8) is 0 Å². The van der Waals surface area contributed by atoms with E-state index in [2.05, 4.69) is 30.3 Å². The Labute approximate surface area is 94.6 Å². The maximum Gasteiger partial charge on any atom is 0.101 e. The van der Waals surface area contributed by atoms with E-state index in [1.165, 1.54) is 16.3 Å². The third-order valence-electron chi connectivity index (χ3n) is 3.57. The number of hydrogen-bond donors (Lipinski definition) is 2. The van der Waals surface area contributed by atoms with Gasteiger partial charge in [0.25, 0.3) is 0 Å². The molecule has 2 aromatic rings. The van der Waals surface area contributed by atoms with Gasteiger partial charge >= 0.3 is 0 Å². The van der Waals surface area contributed by atoms with Gasteiger partial charge in [0.2, 0.25) is 0 Å². The van der Waals surface area contributed by atoms with Gasteiger partial charge in [0, 0.05) is 0 Å². The van der Waals surface area contributed by atoms with Gasteiger partial charge in [-0.25, -0.2) is 0 Å². The summed E-state index contributed by atoms with van der Waals surface area (Å²) in [7, 11) is 0. The third-order valence-corrected chi connectivity index (χ3v) is 3.57. The summed E-state index contributed by atoms with van der Waals surface area (Å²) in [5, 5.41) is 10.2. The van der Waals surface area contributed by atoms with E-state index in [1.807, 2.05) is 12.1 Å². The molecule has 16 heavy (non-hydrogen) atoms. The molecule has 0 spiro atoms. The van der Waals surface area contributed by atoms with E-state index in [9.17, 15) is 0 Å². The summed E-state index contributed by atoms with van der Waals surface area (Å²) < 4.78 is 0. The second-order valence-corrected chi connectivity index (χ2v) is 4.56. The van der Waals surface area contributed by atoms with Crippen LogP contribution in [0.4, 0.5) is 0 Å². The van der Waals surface area contributed by atoms with Crippen molar-refractivity contribution in [3.05, 3.63) is 48.0 Å². The molecule has 1 saturated carbocycles. The van der Waals surface area contributed by atoms with E-state index in [1.54, 1.807) is 0 Å². The zero-order chi connectivity index (χ0) is 11.2. The molecule has 0 saturated heterocycles. The Hall–Kier alpha value is -1.83. The molecule has 1 fully saturated rings. The molecule has 0 radical (unpaired) electrons. The van der Waals surface area contributed by atoms with Gasteiger partial charge in [-0.15, -0.1) is 0 Å². The van der Waals surface area contributed by atoms with Gasteiger partial charge < -0.3 is 5.73 Å². The Bertz CT molecular complexity index is 568. The molecule has 0 aromatic heterocycles. The molecule has 0 amide bonds. The van der Waals surface area contributed by atoms with Crippen LogP contribution in [0.3, 0.4) is 0 Å². The van der Waals surface area contributed by atoms with Crippen LogP contribution in [0.15, 0.2) is 42.5 Å². The van der Waals surface area contributed by atoms with Crippen molar-refractivity contribution in [2.75, 3.05) is 0 Å². The first-order valence-corrected chi connectivity index (χ1v) is 5.56. The van der Waals surface area contributed by atoms with Crippen LogP contribution in [-0.4, -0.2) is 5.84 Å². The molecule has 2 nitrogen and oxygen atoms in total. The van der Waals surface area contributed by atoms with Crippen LogP contribution in [0.5, 0.6) is 0 Å². The average molecular weight is 210 g/mol. The van der Waals surface area contributed by atoms with Gasteiger partial charge in [0.15, 0.2) is 0 Å². The summed E-state index contributed by atoms with van der Waals surface area (Å²) in [4.78, 5) is 0. The predicted molar refractivity (Wildman–Crippen MR) is 66.8 cm³/mol. The largest absolute Gasteiger partial charge is 0.387 e. The SMILES string of the molecule is N=C(N)C1(c2ccc3ccccc3c2)CC1. The number of nitrogens with two attached hydrogens (primary N) is 1. The summed E-state index contributed by atoms with van der Waals surface area (Å²) in [5.74, 6) is 0.308. The van der Waals surface area contributed by atoms with Crippen LogP contribution in [-0.2, 0) is 5.41 Å². The van der Waals surface area contributed by atoms with E-state index < -0.39 is 0 Å². The van der Waals surface area contributed by atoms with E-state index in [4.69, 9.17) is 11.1 Å². The van der Waals surface area contributed by atoms with Gasteiger partial charge in [-0.05, 0) is 29.2 Å². The minimum atomic E-state index is -0.149. The van der Waals surface area contributed by atoms with Gasteiger partial charge in [0.1, 0.15) is 5.84 Å². The average Bonchev–Trinajstić information content (AvgIpc) is 3.09. The first-order valence-electron chi connectivity index (χ1n) is 5.56. The highest BCUT2D eigenvalue weighted by molar-refractivity contribution is 5.94. The fourth-order valence-electron chi connectivity index (χ4n) is 2.33. The topological polar surface area (TPSA) is 49.9 Å². The summed E-state index contributed by atoms with van der Waals surface area (Å²) in [6, 6.07) is 14.7. The Balaban J connectivity index is 2.16. The van der Waals surface area contributed by atoms with Crippen molar-refractivity contribution in [1.82, 2.24) is 0 Å². The highest BCUT2D eigenvalue weighted by Crippen LogP contribution is 2.48. The molecule has 0 aliphatic heterocycles. The molecule has 2 aromatic carbocycles. The predicted octanol–water partition coefficient (Wildman–Crippen LogP) is 2.81. The minimum absolute atomic E-state index is 0.149. The van der Waals surface area contributed by atoms with Crippen LogP contribution >= 0.6 is 0 Å². The standard InChI is InChI=1S/C14H14N2/c15-13(16)14(7-8-14)12-6-5-10-3-1-2-4-11(10)9-12/h1-6,9H,7-8H2,(H3,15,16). The lowest BCUT2D eigenvalue weighted by molar-refractivity contribution is 0.925. The van der Waals surface area contributed by atoms with Crippen molar-refractivity contribution < 1.29 is 0 Å². The monoisotopic (exact) mass is 210 g/mol. The lowest BCUT2D eigenvalue weighted by Crippen LogP contribution is -2.27. The second kappa shape index (κ2) is 3.08. The Kier molecular flexibility index (Phi) is 1.81. The second-order valence-electron chi connectivity index (χ2n) is 4.56. The zero-order valence-electron chi connectivity index (χ0n) is 9.03. The summed E-state index contributed by atoms with van der Waals surface area (Å²) >= 11 is 0. The molecule has 2 heteroatoms. The molecule has 80 valence electrons. The molecular weight excluding hydrogens is 196 g/mol. The molecule has 1 aliphatic rings. The molecule has 3 N–H and O–H groups in total. The van der Waals surface area contributed by atoms with Crippen molar-refractivity contribution >= 4 is 16.6 Å². The van der Waals surface area contributed by atoms with Crippen LogP contribution in [0, 0.1) is 5.41 Å². The number of rotatable bonds is 2. The normalized spacial score (nSPS) is 17.2. The first kappa shape index (κ1) is 9.40. The smallest absolute Gasteiger partial charge is 0.101 e. The van der Waals surface area contributed by atoms with Crippen molar-refractivity contribution in [2.45, 2.75) is 18.3 Å². The number of amidine groups is 1. The molecule has 0 atom stereocenters. The number of fused-ring (bicyclic) bond motifs is 1. The van der Waals surface area contributed by atoms with Crippen molar-refractivity contribution in [3.8, 4) is 0 Å². The van der Waals surface area contributed by atoms with Crippen LogP contribution < -0.4 is 5.73 Å². The van der Waals surface area contributed by atoms with Gasteiger partial charge in [-0.1, -0.05) is 42.5 Å². The zero-order valence-corrected chi connectivity index (χ0v) is 9.03. The fourth-order valence-corrected chi connectivity index (χ4v) is 2.33. The summed E-state index contributed by atoms with van der Waals surface area (Å²) in [6.07, 6.45) is 2.03. The number of benzene rings is 2. The number of hydrogen-bond acceptors (Lipinski definition) is 1. The minimum Gasteiger partial charge on any atom is -0.387 e. The maximum absolute atomic E-state index is 7.68. The quantitative estimate of drug-likeness (QED) is 0.581. The van der Waals surface area contributed by atoms with E-state index in [0.29, 0.717) is 5.84 Å². The van der Waals surface area contributed by atoms with Crippen LogP contribution in [0.2, 0.25) is 0 Å². The molecule has 1 aliphatic carbocycles. The summed E-state index contributed by atoms with van der Waals surface area (Å²) in [5.41, 5.74) is 6.74. The van der Waals surface area contributed by atoms with Crippen molar-refractivity contribution in [1.29, 1.82) is 5.41 Å². The molecule has 0 bridgehead atoms. The molecule has 3 rings (SSSR count). The molecular formula is C14H14N2. The van der Waals surface area contributed by atoms with Gasteiger partial charge in [-0.3, -0.25) is 5.41 Å². The Morgan fingerprint density at radius 3 is 2.38 bits per heavy atom. The van der Waals surface area contributed by atoms with Gasteiger partial charge in [0.05, 0.1) is 5.41 Å². The van der Waals surface area contributed by atoms with E-state index >= 15 is 0 Å². The van der Waals surface area contributed by atoms with Gasteiger partial charge in [-0.2, -0.15) is 0 Å². The lowest BCUT2D eigenvalue weighted by Gasteiger charge is -2.14. The highest BCUT2D eigenvalue weighted by atomic mass is 14.8. The molecule has 0 unspecified atom stereocenters.